The molecule has 0 aliphatic carbocycles. The van der Waals surface area contributed by atoms with Gasteiger partial charge in [0.15, 0.2) is 0 Å². The van der Waals surface area contributed by atoms with E-state index < -0.39 is 35.2 Å². The molecule has 2 aromatic rings. The highest BCUT2D eigenvalue weighted by atomic mass is 19.1. The van der Waals surface area contributed by atoms with Crippen LogP contribution in [0.3, 0.4) is 0 Å². The van der Waals surface area contributed by atoms with Crippen LogP contribution >= 0.6 is 0 Å². The standard InChI is InChI=1S/C20H20FN3O3/c1-12-8-10-14(11-9-12)20(3)18(26)24(19(27)23-20)13(2)17(25)22-16-7-5-4-6-15(16)21/h4-11,13H,1-3H3,(H,22,25)(H,23,27)/t13-,20+/m1/s1. The van der Waals surface area contributed by atoms with Crippen LogP contribution in [0.2, 0.25) is 0 Å². The van der Waals surface area contributed by atoms with E-state index in [0.717, 1.165) is 10.5 Å². The van der Waals surface area contributed by atoms with Crippen LogP contribution in [-0.2, 0) is 15.1 Å². The van der Waals surface area contributed by atoms with E-state index in [4.69, 9.17) is 0 Å². The van der Waals surface area contributed by atoms with Crippen LogP contribution in [0.25, 0.3) is 0 Å². The Morgan fingerprint density at radius 2 is 1.78 bits per heavy atom. The molecule has 3 rings (SSSR count). The first kappa shape index (κ1) is 18.6. The third-order valence-corrected chi connectivity index (χ3v) is 4.75. The van der Waals surface area contributed by atoms with Crippen molar-refractivity contribution in [3.05, 3.63) is 65.5 Å². The molecular formula is C20H20FN3O3. The Kier molecular flexibility index (Phi) is 4.70. The van der Waals surface area contributed by atoms with Gasteiger partial charge in [0.1, 0.15) is 17.4 Å². The molecule has 0 spiro atoms. The summed E-state index contributed by atoms with van der Waals surface area (Å²) in [7, 11) is 0. The maximum atomic E-state index is 13.7. The molecule has 2 aromatic carbocycles. The van der Waals surface area contributed by atoms with E-state index in [1.807, 2.05) is 19.1 Å². The molecular weight excluding hydrogens is 349 g/mol. The lowest BCUT2D eigenvalue weighted by molar-refractivity contribution is -0.136. The summed E-state index contributed by atoms with van der Waals surface area (Å²) in [6, 6.07) is 11.1. The zero-order valence-electron chi connectivity index (χ0n) is 15.2. The third-order valence-electron chi connectivity index (χ3n) is 4.75. The Bertz CT molecular complexity index is 913. The quantitative estimate of drug-likeness (QED) is 0.814. The first-order valence-corrected chi connectivity index (χ1v) is 8.52. The van der Waals surface area contributed by atoms with E-state index in [9.17, 15) is 18.8 Å². The molecule has 1 fully saturated rings. The van der Waals surface area contributed by atoms with Crippen molar-refractivity contribution >= 4 is 23.5 Å². The number of aryl methyl sites for hydroxylation is 1. The number of benzene rings is 2. The van der Waals surface area contributed by atoms with Crippen molar-refractivity contribution in [2.24, 2.45) is 0 Å². The number of nitrogens with one attached hydrogen (secondary N) is 2. The molecule has 1 aliphatic rings. The third kappa shape index (κ3) is 3.28. The first-order valence-electron chi connectivity index (χ1n) is 8.52. The number of imide groups is 1. The SMILES string of the molecule is Cc1ccc([C@]2(C)NC(=O)N([C@H](C)C(=O)Nc3ccccc3F)C2=O)cc1. The van der Waals surface area contributed by atoms with Gasteiger partial charge in [-0.1, -0.05) is 42.0 Å². The zero-order valence-corrected chi connectivity index (χ0v) is 15.2. The molecule has 0 bridgehead atoms. The van der Waals surface area contributed by atoms with Gasteiger partial charge in [0.2, 0.25) is 5.91 Å². The normalized spacial score (nSPS) is 20.4. The number of anilines is 1. The van der Waals surface area contributed by atoms with Crippen LogP contribution in [0.4, 0.5) is 14.9 Å². The van der Waals surface area contributed by atoms with Crippen molar-refractivity contribution in [2.75, 3.05) is 5.32 Å². The second-order valence-corrected chi connectivity index (χ2v) is 6.74. The molecule has 6 nitrogen and oxygen atoms in total. The summed E-state index contributed by atoms with van der Waals surface area (Å²) in [6.45, 7) is 4.94. The van der Waals surface area contributed by atoms with Crippen molar-refractivity contribution in [1.82, 2.24) is 10.2 Å². The van der Waals surface area contributed by atoms with Gasteiger partial charge in [0, 0.05) is 0 Å². The van der Waals surface area contributed by atoms with Crippen molar-refractivity contribution in [3.8, 4) is 0 Å². The van der Waals surface area contributed by atoms with E-state index >= 15 is 0 Å². The lowest BCUT2D eigenvalue weighted by atomic mass is 9.91. The number of halogens is 1. The molecule has 0 unspecified atom stereocenters. The number of rotatable bonds is 4. The topological polar surface area (TPSA) is 78.5 Å². The molecule has 140 valence electrons. The fraction of sp³-hybridized carbons (Fsp3) is 0.250. The highest BCUT2D eigenvalue weighted by molar-refractivity contribution is 6.11. The second kappa shape index (κ2) is 6.83. The molecule has 0 saturated carbocycles. The van der Waals surface area contributed by atoms with Crippen molar-refractivity contribution < 1.29 is 18.8 Å². The van der Waals surface area contributed by atoms with Gasteiger partial charge in [-0.15, -0.1) is 0 Å². The Labute approximate surface area is 156 Å². The lowest BCUT2D eigenvalue weighted by Gasteiger charge is -2.24. The summed E-state index contributed by atoms with van der Waals surface area (Å²) >= 11 is 0. The predicted octanol–water partition coefficient (Wildman–Crippen LogP) is 2.93. The number of amides is 4. The molecule has 27 heavy (non-hydrogen) atoms. The average molecular weight is 369 g/mol. The van der Waals surface area contributed by atoms with E-state index in [1.54, 1.807) is 25.1 Å². The average Bonchev–Trinajstić information content (AvgIpc) is 2.86. The Morgan fingerprint density at radius 1 is 1.15 bits per heavy atom. The summed E-state index contributed by atoms with van der Waals surface area (Å²) in [6.07, 6.45) is 0. The summed E-state index contributed by atoms with van der Waals surface area (Å²) in [5.74, 6) is -1.79. The van der Waals surface area contributed by atoms with Crippen molar-refractivity contribution in [1.29, 1.82) is 0 Å². The fourth-order valence-corrected chi connectivity index (χ4v) is 3.01. The molecule has 0 radical (unpaired) electrons. The number of hydrogen-bond donors (Lipinski definition) is 2. The number of nitrogens with zero attached hydrogens (tertiary/aromatic N) is 1. The van der Waals surface area contributed by atoms with Crippen LogP contribution in [0.15, 0.2) is 48.5 Å². The zero-order chi connectivity index (χ0) is 19.8. The Morgan fingerprint density at radius 3 is 2.41 bits per heavy atom. The van der Waals surface area contributed by atoms with Gasteiger partial charge in [-0.2, -0.15) is 0 Å². The van der Waals surface area contributed by atoms with Gasteiger partial charge in [-0.3, -0.25) is 9.59 Å². The van der Waals surface area contributed by atoms with Crippen LogP contribution in [0.1, 0.15) is 25.0 Å². The number of carbonyl (C=O) groups is 3. The smallest absolute Gasteiger partial charge is 0.322 e. The van der Waals surface area contributed by atoms with Crippen molar-refractivity contribution in [3.63, 3.8) is 0 Å². The van der Waals surface area contributed by atoms with Gasteiger partial charge in [-0.25, -0.2) is 14.1 Å². The molecule has 1 saturated heterocycles. The maximum absolute atomic E-state index is 13.7. The largest absolute Gasteiger partial charge is 0.326 e. The first-order chi connectivity index (χ1) is 12.7. The lowest BCUT2D eigenvalue weighted by Crippen LogP contribution is -2.47. The minimum absolute atomic E-state index is 0.0114. The summed E-state index contributed by atoms with van der Waals surface area (Å²) in [5.41, 5.74) is 0.365. The number of urea groups is 1. The van der Waals surface area contributed by atoms with Crippen molar-refractivity contribution in [2.45, 2.75) is 32.4 Å². The monoisotopic (exact) mass is 369 g/mol. The molecule has 0 aromatic heterocycles. The van der Waals surface area contributed by atoms with E-state index in [0.29, 0.717) is 5.56 Å². The minimum atomic E-state index is -1.27. The van der Waals surface area contributed by atoms with E-state index in [-0.39, 0.29) is 5.69 Å². The molecule has 2 atom stereocenters. The summed E-state index contributed by atoms with van der Waals surface area (Å²) < 4.78 is 13.7. The van der Waals surface area contributed by atoms with E-state index in [1.165, 1.54) is 25.1 Å². The van der Waals surface area contributed by atoms with Gasteiger partial charge in [0.05, 0.1) is 5.69 Å². The molecule has 7 heteroatoms. The highest BCUT2D eigenvalue weighted by Crippen LogP contribution is 2.30. The van der Waals surface area contributed by atoms with Gasteiger partial charge >= 0.3 is 6.03 Å². The minimum Gasteiger partial charge on any atom is -0.322 e. The number of para-hydroxylation sites is 1. The predicted molar refractivity (Wildman–Crippen MR) is 98.4 cm³/mol. The van der Waals surface area contributed by atoms with E-state index in [2.05, 4.69) is 10.6 Å². The van der Waals surface area contributed by atoms with Crippen LogP contribution in [0.5, 0.6) is 0 Å². The number of hydrogen-bond acceptors (Lipinski definition) is 3. The second-order valence-electron chi connectivity index (χ2n) is 6.74. The highest BCUT2D eigenvalue weighted by Gasteiger charge is 2.51. The molecule has 1 aliphatic heterocycles. The Balaban J connectivity index is 1.83. The van der Waals surface area contributed by atoms with Crippen LogP contribution in [0, 0.1) is 12.7 Å². The van der Waals surface area contributed by atoms with Crippen LogP contribution in [-0.4, -0.2) is 28.8 Å². The van der Waals surface area contributed by atoms with Crippen LogP contribution < -0.4 is 10.6 Å². The fourth-order valence-electron chi connectivity index (χ4n) is 3.01. The maximum Gasteiger partial charge on any atom is 0.326 e. The molecule has 2 N–H and O–H groups in total. The van der Waals surface area contributed by atoms with Gasteiger partial charge < -0.3 is 10.6 Å². The Hall–Kier alpha value is -3.22. The van der Waals surface area contributed by atoms with Gasteiger partial charge in [0.25, 0.3) is 5.91 Å². The summed E-state index contributed by atoms with van der Waals surface area (Å²) in [4.78, 5) is 38.8. The molecule has 4 amide bonds. The molecule has 1 heterocycles. The number of carbonyl (C=O) groups excluding carboxylic acids is 3. The summed E-state index contributed by atoms with van der Waals surface area (Å²) in [5, 5.41) is 5.07. The van der Waals surface area contributed by atoms with Gasteiger partial charge in [-0.05, 0) is 38.5 Å².